The molecule has 1 atom stereocenters. The van der Waals surface area contributed by atoms with E-state index in [1.807, 2.05) is 20.0 Å². The van der Waals surface area contributed by atoms with Gasteiger partial charge in [0.05, 0.1) is 11.6 Å². The fourth-order valence-electron chi connectivity index (χ4n) is 1.46. The Bertz CT molecular complexity index is 521. The smallest absolute Gasteiger partial charge is 0.312 e. The molecule has 0 amide bonds. The summed E-state index contributed by atoms with van der Waals surface area (Å²) in [7, 11) is 0. The minimum Gasteiger partial charge on any atom is -0.481 e. The van der Waals surface area contributed by atoms with Crippen LogP contribution in [-0.2, 0) is 4.79 Å². The number of aromatic nitrogens is 3. The first-order valence-electron chi connectivity index (χ1n) is 5.05. The molecule has 2 aromatic heterocycles. The Hall–Kier alpha value is -1.91. The third-order valence-corrected chi connectivity index (χ3v) is 2.72. The summed E-state index contributed by atoms with van der Waals surface area (Å²) < 4.78 is 1.62. The highest BCUT2D eigenvalue weighted by molar-refractivity contribution is 5.75. The molecular weight excluding hydrogens is 206 g/mol. The van der Waals surface area contributed by atoms with Crippen LogP contribution in [0.15, 0.2) is 12.3 Å². The molecule has 0 saturated heterocycles. The molecule has 0 spiro atoms. The summed E-state index contributed by atoms with van der Waals surface area (Å²) in [5, 5.41) is 13.1. The molecule has 0 bridgehead atoms. The molecule has 84 valence electrons. The van der Waals surface area contributed by atoms with Crippen LogP contribution in [0.2, 0.25) is 0 Å². The van der Waals surface area contributed by atoms with Gasteiger partial charge in [0.25, 0.3) is 0 Å². The van der Waals surface area contributed by atoms with Crippen molar-refractivity contribution in [1.82, 2.24) is 14.6 Å². The van der Waals surface area contributed by atoms with Crippen LogP contribution in [0.5, 0.6) is 0 Å². The lowest BCUT2D eigenvalue weighted by Gasteiger charge is -1.99. The summed E-state index contributed by atoms with van der Waals surface area (Å²) in [6.45, 7) is 5.48. The summed E-state index contributed by atoms with van der Waals surface area (Å²) in [6.07, 6.45) is 1.86. The SMILES string of the molecule is Cc1cn2nc(C(C)C(=O)O)cc2nc1C. The van der Waals surface area contributed by atoms with Crippen LogP contribution in [0.3, 0.4) is 0 Å². The van der Waals surface area contributed by atoms with Gasteiger partial charge in [-0.3, -0.25) is 4.79 Å². The molecule has 0 radical (unpaired) electrons. The van der Waals surface area contributed by atoms with Crippen LogP contribution >= 0.6 is 0 Å². The third kappa shape index (κ3) is 1.64. The number of aryl methyl sites for hydroxylation is 2. The zero-order chi connectivity index (χ0) is 11.9. The molecule has 2 aromatic rings. The maximum atomic E-state index is 10.8. The lowest BCUT2D eigenvalue weighted by molar-refractivity contribution is -0.138. The van der Waals surface area contributed by atoms with E-state index < -0.39 is 11.9 Å². The summed E-state index contributed by atoms with van der Waals surface area (Å²) in [5.74, 6) is -1.49. The third-order valence-electron chi connectivity index (χ3n) is 2.72. The average molecular weight is 219 g/mol. The topological polar surface area (TPSA) is 67.5 Å². The summed E-state index contributed by atoms with van der Waals surface area (Å²) >= 11 is 0. The monoisotopic (exact) mass is 219 g/mol. The number of hydrogen-bond donors (Lipinski definition) is 1. The average Bonchev–Trinajstić information content (AvgIpc) is 2.60. The van der Waals surface area contributed by atoms with Gasteiger partial charge in [0.1, 0.15) is 0 Å². The molecule has 0 aliphatic heterocycles. The first-order chi connectivity index (χ1) is 7.49. The molecule has 2 heterocycles. The molecular formula is C11H13N3O2. The van der Waals surface area contributed by atoms with Crippen molar-refractivity contribution >= 4 is 11.6 Å². The van der Waals surface area contributed by atoms with Crippen molar-refractivity contribution in [2.45, 2.75) is 26.7 Å². The Kier molecular flexibility index (Phi) is 2.38. The quantitative estimate of drug-likeness (QED) is 0.831. The van der Waals surface area contributed by atoms with Crippen LogP contribution in [0.4, 0.5) is 0 Å². The van der Waals surface area contributed by atoms with E-state index in [-0.39, 0.29) is 0 Å². The molecule has 0 aliphatic carbocycles. The number of rotatable bonds is 2. The molecule has 16 heavy (non-hydrogen) atoms. The van der Waals surface area contributed by atoms with Crippen LogP contribution in [0, 0.1) is 13.8 Å². The fourth-order valence-corrected chi connectivity index (χ4v) is 1.46. The van der Waals surface area contributed by atoms with E-state index in [9.17, 15) is 4.79 Å². The second-order valence-corrected chi connectivity index (χ2v) is 3.94. The predicted octanol–water partition coefficient (Wildman–Crippen LogP) is 1.53. The Morgan fingerprint density at radius 1 is 1.50 bits per heavy atom. The second kappa shape index (κ2) is 3.59. The van der Waals surface area contributed by atoms with E-state index in [0.717, 1.165) is 11.3 Å². The van der Waals surface area contributed by atoms with Gasteiger partial charge in [-0.05, 0) is 26.3 Å². The van der Waals surface area contributed by atoms with E-state index in [2.05, 4.69) is 10.1 Å². The molecule has 0 saturated carbocycles. The largest absolute Gasteiger partial charge is 0.481 e. The van der Waals surface area contributed by atoms with Crippen molar-refractivity contribution in [2.75, 3.05) is 0 Å². The number of carboxylic acid groups (broad SMARTS) is 1. The molecule has 1 unspecified atom stereocenters. The van der Waals surface area contributed by atoms with Crippen LogP contribution < -0.4 is 0 Å². The number of carbonyl (C=O) groups is 1. The van der Waals surface area contributed by atoms with Gasteiger partial charge in [-0.2, -0.15) is 5.10 Å². The fraction of sp³-hybridized carbons (Fsp3) is 0.364. The van der Waals surface area contributed by atoms with Gasteiger partial charge < -0.3 is 5.11 Å². The second-order valence-electron chi connectivity index (χ2n) is 3.94. The van der Waals surface area contributed by atoms with Crippen molar-refractivity contribution in [1.29, 1.82) is 0 Å². The van der Waals surface area contributed by atoms with Crippen molar-refractivity contribution in [2.24, 2.45) is 0 Å². The van der Waals surface area contributed by atoms with Crippen LogP contribution in [-0.4, -0.2) is 25.7 Å². The maximum Gasteiger partial charge on any atom is 0.312 e. The van der Waals surface area contributed by atoms with Crippen molar-refractivity contribution < 1.29 is 9.90 Å². The Labute approximate surface area is 92.7 Å². The summed E-state index contributed by atoms with van der Waals surface area (Å²) in [5.41, 5.74) is 3.18. The van der Waals surface area contributed by atoms with Gasteiger partial charge in [0.2, 0.25) is 0 Å². The minimum atomic E-state index is -0.878. The van der Waals surface area contributed by atoms with Crippen molar-refractivity contribution in [3.8, 4) is 0 Å². The van der Waals surface area contributed by atoms with E-state index in [1.165, 1.54) is 0 Å². The molecule has 5 nitrogen and oxygen atoms in total. The highest BCUT2D eigenvalue weighted by atomic mass is 16.4. The number of nitrogens with zero attached hydrogens (tertiary/aromatic N) is 3. The molecule has 0 aliphatic rings. The first-order valence-corrected chi connectivity index (χ1v) is 5.05. The number of fused-ring (bicyclic) bond motifs is 1. The van der Waals surface area contributed by atoms with Gasteiger partial charge in [-0.15, -0.1) is 0 Å². The van der Waals surface area contributed by atoms with E-state index >= 15 is 0 Å². The van der Waals surface area contributed by atoms with E-state index in [1.54, 1.807) is 17.5 Å². The zero-order valence-electron chi connectivity index (χ0n) is 9.43. The lowest BCUT2D eigenvalue weighted by atomic mass is 10.1. The predicted molar refractivity (Wildman–Crippen MR) is 58.5 cm³/mol. The van der Waals surface area contributed by atoms with Gasteiger partial charge in [-0.25, -0.2) is 9.50 Å². The minimum absolute atomic E-state index is 0.532. The Morgan fingerprint density at radius 3 is 2.81 bits per heavy atom. The molecule has 0 aromatic carbocycles. The highest BCUT2D eigenvalue weighted by Crippen LogP contribution is 2.16. The lowest BCUT2D eigenvalue weighted by Crippen LogP contribution is -2.08. The molecule has 2 rings (SSSR count). The standard InChI is InChI=1S/C11H13N3O2/c1-6-5-14-10(12-8(6)3)4-9(13-14)7(2)11(15)16/h4-5,7H,1-3H3,(H,15,16). The molecule has 0 fully saturated rings. The van der Waals surface area contributed by atoms with E-state index in [4.69, 9.17) is 5.11 Å². The van der Waals surface area contributed by atoms with Gasteiger partial charge in [-0.1, -0.05) is 0 Å². The summed E-state index contributed by atoms with van der Waals surface area (Å²) in [6, 6.07) is 1.71. The number of carboxylic acids is 1. The molecule has 1 N–H and O–H groups in total. The number of hydrogen-bond acceptors (Lipinski definition) is 3. The highest BCUT2D eigenvalue weighted by Gasteiger charge is 2.17. The van der Waals surface area contributed by atoms with Gasteiger partial charge in [0, 0.05) is 18.0 Å². The zero-order valence-corrected chi connectivity index (χ0v) is 9.43. The van der Waals surface area contributed by atoms with Crippen LogP contribution in [0.1, 0.15) is 29.8 Å². The summed E-state index contributed by atoms with van der Waals surface area (Å²) in [4.78, 5) is 15.2. The normalized spacial score (nSPS) is 12.9. The van der Waals surface area contributed by atoms with Crippen molar-refractivity contribution in [3.63, 3.8) is 0 Å². The van der Waals surface area contributed by atoms with Crippen LogP contribution in [0.25, 0.3) is 5.65 Å². The van der Waals surface area contributed by atoms with Crippen molar-refractivity contribution in [3.05, 3.63) is 29.2 Å². The Morgan fingerprint density at radius 2 is 2.19 bits per heavy atom. The molecule has 5 heteroatoms. The maximum absolute atomic E-state index is 10.8. The number of aliphatic carboxylic acids is 1. The first kappa shape index (κ1) is 10.6. The van der Waals surface area contributed by atoms with Gasteiger partial charge in [0.15, 0.2) is 5.65 Å². The van der Waals surface area contributed by atoms with Gasteiger partial charge >= 0.3 is 5.97 Å². The van der Waals surface area contributed by atoms with E-state index in [0.29, 0.717) is 11.3 Å². The Balaban J connectivity index is 2.56.